The zero-order valence-electron chi connectivity index (χ0n) is 12.6. The van der Waals surface area contributed by atoms with E-state index in [1.165, 1.54) is 0 Å². The van der Waals surface area contributed by atoms with Crippen LogP contribution in [0.3, 0.4) is 0 Å². The Morgan fingerprint density at radius 2 is 1.67 bits per heavy atom. The van der Waals surface area contributed by atoms with Gasteiger partial charge in [0.05, 0.1) is 18.9 Å². The Labute approximate surface area is 125 Å². The number of aryl methyl sites for hydroxylation is 2. The van der Waals surface area contributed by atoms with Crippen LogP contribution in [0.25, 0.3) is 0 Å². The largest absolute Gasteiger partial charge is 0.493 e. The molecule has 0 aliphatic carbocycles. The minimum Gasteiger partial charge on any atom is -0.493 e. The molecular weight excluding hydrogens is 264 g/mol. The van der Waals surface area contributed by atoms with Gasteiger partial charge in [0, 0.05) is 12.1 Å². The van der Waals surface area contributed by atoms with E-state index in [9.17, 15) is 0 Å². The van der Waals surface area contributed by atoms with E-state index in [2.05, 4.69) is 0 Å². The minimum absolute atomic E-state index is 0.571. The number of nitrogens with two attached hydrogens (primary N) is 2. The predicted molar refractivity (Wildman–Crippen MR) is 86.8 cm³/mol. The van der Waals surface area contributed by atoms with E-state index in [0.29, 0.717) is 18.9 Å². The van der Waals surface area contributed by atoms with Crippen molar-refractivity contribution < 1.29 is 9.47 Å². The number of ether oxygens (including phenoxy) is 2. The molecule has 0 saturated heterocycles. The van der Waals surface area contributed by atoms with Crippen LogP contribution >= 0.6 is 0 Å². The van der Waals surface area contributed by atoms with E-state index in [0.717, 1.165) is 34.7 Å². The fraction of sp³-hybridized carbons (Fsp3) is 0.294. The van der Waals surface area contributed by atoms with E-state index in [-0.39, 0.29) is 0 Å². The van der Waals surface area contributed by atoms with E-state index in [1.54, 1.807) is 0 Å². The summed E-state index contributed by atoms with van der Waals surface area (Å²) in [5, 5.41) is 0. The SMILES string of the molecule is Cc1cc(OCCCOc2cccc(C)c2N)ccc1N. The minimum atomic E-state index is 0.571. The summed E-state index contributed by atoms with van der Waals surface area (Å²) in [4.78, 5) is 0. The molecule has 0 heterocycles. The van der Waals surface area contributed by atoms with E-state index in [1.807, 2.05) is 50.2 Å². The molecule has 2 rings (SSSR count). The van der Waals surface area contributed by atoms with Crippen molar-refractivity contribution >= 4 is 11.4 Å². The Balaban J connectivity index is 1.75. The van der Waals surface area contributed by atoms with Gasteiger partial charge in [0.1, 0.15) is 11.5 Å². The van der Waals surface area contributed by atoms with Gasteiger partial charge in [-0.3, -0.25) is 0 Å². The van der Waals surface area contributed by atoms with E-state index in [4.69, 9.17) is 20.9 Å². The number of para-hydroxylation sites is 1. The summed E-state index contributed by atoms with van der Waals surface area (Å²) >= 11 is 0. The molecule has 0 fully saturated rings. The van der Waals surface area contributed by atoms with Gasteiger partial charge in [-0.05, 0) is 49.2 Å². The molecule has 0 unspecified atom stereocenters. The van der Waals surface area contributed by atoms with Crippen LogP contribution in [0.1, 0.15) is 17.5 Å². The van der Waals surface area contributed by atoms with Crippen molar-refractivity contribution in [3.8, 4) is 11.5 Å². The molecule has 0 bridgehead atoms. The van der Waals surface area contributed by atoms with Gasteiger partial charge >= 0.3 is 0 Å². The van der Waals surface area contributed by atoms with Crippen LogP contribution in [0.2, 0.25) is 0 Å². The van der Waals surface area contributed by atoms with Gasteiger partial charge < -0.3 is 20.9 Å². The zero-order chi connectivity index (χ0) is 15.2. The van der Waals surface area contributed by atoms with Gasteiger partial charge in [-0.25, -0.2) is 0 Å². The maximum absolute atomic E-state index is 5.95. The van der Waals surface area contributed by atoms with Crippen molar-refractivity contribution in [1.29, 1.82) is 0 Å². The highest BCUT2D eigenvalue weighted by molar-refractivity contribution is 5.57. The molecule has 2 aromatic carbocycles. The standard InChI is InChI=1S/C17H22N2O2/c1-12-5-3-6-16(17(12)19)21-10-4-9-20-14-7-8-15(18)13(2)11-14/h3,5-8,11H,4,9-10,18-19H2,1-2H3. The number of rotatable bonds is 6. The molecule has 0 radical (unpaired) electrons. The average molecular weight is 286 g/mol. The molecule has 0 atom stereocenters. The maximum atomic E-state index is 5.95. The monoisotopic (exact) mass is 286 g/mol. The maximum Gasteiger partial charge on any atom is 0.142 e. The molecular formula is C17H22N2O2. The van der Waals surface area contributed by atoms with Crippen molar-refractivity contribution in [2.24, 2.45) is 0 Å². The lowest BCUT2D eigenvalue weighted by atomic mass is 10.2. The first-order valence-electron chi connectivity index (χ1n) is 7.04. The van der Waals surface area contributed by atoms with Crippen LogP contribution in [0.15, 0.2) is 36.4 Å². The number of benzene rings is 2. The summed E-state index contributed by atoms with van der Waals surface area (Å²) in [7, 11) is 0. The molecule has 4 nitrogen and oxygen atoms in total. The Bertz CT molecular complexity index is 612. The lowest BCUT2D eigenvalue weighted by Crippen LogP contribution is -2.06. The first kappa shape index (κ1) is 15.0. The number of nitrogen functional groups attached to an aromatic ring is 2. The number of hydrogen-bond acceptors (Lipinski definition) is 4. The van der Waals surface area contributed by atoms with Crippen molar-refractivity contribution in [3.05, 3.63) is 47.5 Å². The first-order chi connectivity index (χ1) is 10.1. The predicted octanol–water partition coefficient (Wildman–Crippen LogP) is 3.32. The molecule has 0 aromatic heterocycles. The van der Waals surface area contributed by atoms with E-state index >= 15 is 0 Å². The third kappa shape index (κ3) is 4.05. The van der Waals surface area contributed by atoms with Crippen LogP contribution < -0.4 is 20.9 Å². The van der Waals surface area contributed by atoms with Crippen molar-refractivity contribution in [2.45, 2.75) is 20.3 Å². The normalized spacial score (nSPS) is 10.4. The van der Waals surface area contributed by atoms with Gasteiger partial charge in [-0.15, -0.1) is 0 Å². The molecule has 2 aromatic rings. The second-order valence-corrected chi connectivity index (χ2v) is 5.06. The molecule has 21 heavy (non-hydrogen) atoms. The average Bonchev–Trinajstić information content (AvgIpc) is 2.46. The van der Waals surface area contributed by atoms with Crippen LogP contribution in [-0.2, 0) is 0 Å². The molecule has 0 saturated carbocycles. The molecule has 4 N–H and O–H groups in total. The quantitative estimate of drug-likeness (QED) is 0.631. The van der Waals surface area contributed by atoms with Crippen molar-refractivity contribution in [1.82, 2.24) is 0 Å². The lowest BCUT2D eigenvalue weighted by molar-refractivity contribution is 0.248. The smallest absolute Gasteiger partial charge is 0.142 e. The lowest BCUT2D eigenvalue weighted by Gasteiger charge is -2.11. The number of hydrogen-bond donors (Lipinski definition) is 2. The molecule has 4 heteroatoms. The second-order valence-electron chi connectivity index (χ2n) is 5.06. The summed E-state index contributed by atoms with van der Waals surface area (Å²) in [6.07, 6.45) is 0.788. The molecule has 0 aliphatic rings. The third-order valence-corrected chi connectivity index (χ3v) is 3.34. The van der Waals surface area contributed by atoms with Crippen LogP contribution in [0.4, 0.5) is 11.4 Å². The fourth-order valence-corrected chi connectivity index (χ4v) is 1.95. The summed E-state index contributed by atoms with van der Waals surface area (Å²) in [5.41, 5.74) is 15.3. The highest BCUT2D eigenvalue weighted by Crippen LogP contribution is 2.24. The van der Waals surface area contributed by atoms with Crippen LogP contribution in [0, 0.1) is 13.8 Å². The van der Waals surface area contributed by atoms with Gasteiger partial charge in [0.25, 0.3) is 0 Å². The molecule has 112 valence electrons. The molecule has 0 spiro atoms. The van der Waals surface area contributed by atoms with Crippen molar-refractivity contribution in [3.63, 3.8) is 0 Å². The van der Waals surface area contributed by atoms with Gasteiger partial charge in [0.15, 0.2) is 0 Å². The Hall–Kier alpha value is -2.36. The fourth-order valence-electron chi connectivity index (χ4n) is 1.95. The Kier molecular flexibility index (Phi) is 4.93. The van der Waals surface area contributed by atoms with E-state index < -0.39 is 0 Å². The Morgan fingerprint density at radius 1 is 0.905 bits per heavy atom. The second kappa shape index (κ2) is 6.88. The highest BCUT2D eigenvalue weighted by atomic mass is 16.5. The zero-order valence-corrected chi connectivity index (χ0v) is 12.6. The Morgan fingerprint density at radius 3 is 2.43 bits per heavy atom. The molecule has 0 aliphatic heterocycles. The molecule has 0 amide bonds. The topological polar surface area (TPSA) is 70.5 Å². The summed E-state index contributed by atoms with van der Waals surface area (Å²) in [6.45, 7) is 5.09. The van der Waals surface area contributed by atoms with Crippen LogP contribution in [-0.4, -0.2) is 13.2 Å². The first-order valence-corrected chi connectivity index (χ1v) is 7.04. The third-order valence-electron chi connectivity index (χ3n) is 3.34. The van der Waals surface area contributed by atoms with Crippen molar-refractivity contribution in [2.75, 3.05) is 24.7 Å². The van der Waals surface area contributed by atoms with Crippen LogP contribution in [0.5, 0.6) is 11.5 Å². The van der Waals surface area contributed by atoms with Gasteiger partial charge in [0.2, 0.25) is 0 Å². The van der Waals surface area contributed by atoms with Gasteiger partial charge in [-0.1, -0.05) is 12.1 Å². The number of anilines is 2. The van der Waals surface area contributed by atoms with Gasteiger partial charge in [-0.2, -0.15) is 0 Å². The summed E-state index contributed by atoms with van der Waals surface area (Å²) < 4.78 is 11.3. The summed E-state index contributed by atoms with van der Waals surface area (Å²) in [5.74, 6) is 1.56. The highest BCUT2D eigenvalue weighted by Gasteiger charge is 2.02. The summed E-state index contributed by atoms with van der Waals surface area (Å²) in [6, 6.07) is 11.5.